The van der Waals surface area contributed by atoms with Crippen LogP contribution in [0.25, 0.3) is 0 Å². The van der Waals surface area contributed by atoms with Gasteiger partial charge in [-0.3, -0.25) is 0 Å². The molecule has 1 aromatic heterocycles. The molecular weight excluding hydrogens is 444 g/mol. The van der Waals surface area contributed by atoms with E-state index in [4.69, 9.17) is 0 Å². The molecule has 3 heterocycles. The van der Waals surface area contributed by atoms with Gasteiger partial charge in [0, 0.05) is 26.2 Å². The number of hydrogen-bond acceptors (Lipinski definition) is 7. The molecule has 0 aliphatic carbocycles. The monoisotopic (exact) mass is 472 g/mol. The number of hydrogen-bond donors (Lipinski definition) is 2. The Balaban J connectivity index is 0.00000243. The summed E-state index contributed by atoms with van der Waals surface area (Å²) in [6.45, 7) is 6.28. The van der Waals surface area contributed by atoms with Crippen LogP contribution in [0.1, 0.15) is 55.5 Å². The number of nitrogens with zero attached hydrogens (tertiary/aromatic N) is 5. The van der Waals surface area contributed by atoms with E-state index in [9.17, 15) is 0 Å². The summed E-state index contributed by atoms with van der Waals surface area (Å²) in [5.41, 5.74) is 9.03. The van der Waals surface area contributed by atoms with E-state index < -0.39 is 0 Å². The largest absolute Gasteiger partial charge is 2.00 e. The van der Waals surface area contributed by atoms with Crippen LogP contribution in [0.15, 0.2) is 22.3 Å². The minimum Gasteiger partial charge on any atom is -1.00 e. The van der Waals surface area contributed by atoms with Crippen LogP contribution in [-0.2, 0) is 16.8 Å². The molecule has 0 bridgehead atoms. The zero-order chi connectivity index (χ0) is 17.3. The summed E-state index contributed by atoms with van der Waals surface area (Å²) in [6.07, 6.45) is 11.1. The van der Waals surface area contributed by atoms with Gasteiger partial charge in [0.05, 0.1) is 23.8 Å². The molecule has 2 aliphatic rings. The number of halogens is 2. The average Bonchev–Trinajstić information content (AvgIpc) is 2.63. The molecule has 0 amide bonds. The predicted octanol–water partition coefficient (Wildman–Crippen LogP) is -3.96. The van der Waals surface area contributed by atoms with E-state index >= 15 is 0 Å². The van der Waals surface area contributed by atoms with Crippen molar-refractivity contribution in [2.24, 2.45) is 10.2 Å². The van der Waals surface area contributed by atoms with Gasteiger partial charge >= 0.3 is 16.8 Å². The fourth-order valence-electron chi connectivity index (χ4n) is 3.20. The Morgan fingerprint density at radius 3 is 1.57 bits per heavy atom. The molecule has 7 nitrogen and oxygen atoms in total. The predicted molar refractivity (Wildman–Crippen MR) is 101 cm³/mol. The second kappa shape index (κ2) is 15.0. The molecule has 2 aliphatic heterocycles. The van der Waals surface area contributed by atoms with Gasteiger partial charge in [0.15, 0.2) is 0 Å². The molecule has 0 unspecified atom stereocenters. The quantitative estimate of drug-likeness (QED) is 0.326. The number of pyridine rings is 1. The van der Waals surface area contributed by atoms with E-state index in [-0.39, 0.29) is 41.6 Å². The third kappa shape index (κ3) is 9.53. The minimum atomic E-state index is 0. The molecule has 0 aromatic carbocycles. The number of aryl methyl sites for hydroxylation is 1. The number of piperidine rings is 2. The zero-order valence-electron chi connectivity index (χ0n) is 16.2. The summed E-state index contributed by atoms with van der Waals surface area (Å²) in [6, 6.07) is 4.05. The fraction of sp³-hybridized carbons (Fsp3) is 0.611. The Hall–Kier alpha value is -0.904. The van der Waals surface area contributed by atoms with Crippen molar-refractivity contribution in [2.45, 2.75) is 45.4 Å². The molecule has 1 radical (unpaired) electrons. The topological polar surface area (TPSA) is 68.1 Å². The summed E-state index contributed by atoms with van der Waals surface area (Å²) >= 11 is 0. The number of aromatic nitrogens is 1. The zero-order valence-corrected chi connectivity index (χ0v) is 18.8. The Morgan fingerprint density at radius 2 is 1.18 bits per heavy atom. The van der Waals surface area contributed by atoms with Crippen molar-refractivity contribution in [1.29, 1.82) is 0 Å². The van der Waals surface area contributed by atoms with Gasteiger partial charge in [-0.1, -0.05) is 12.8 Å². The van der Waals surface area contributed by atoms with Crippen LogP contribution in [-0.4, -0.2) is 53.6 Å². The molecule has 1 aromatic rings. The van der Waals surface area contributed by atoms with Crippen molar-refractivity contribution in [3.05, 3.63) is 29.1 Å². The number of nitrogens with one attached hydrogen (secondary N) is 2. The standard InChI is InChI=1S/C18H29N7.2ClH.Co/c1-16-12-17(14-19-22-24-8-4-2-5-9-24)21-18(13-16)15-20-23-25-10-6-3-7-11-25;;;/h12-15,22-23H,2-11H2,1H3;2*1H;/q;;;+2/p-2. The van der Waals surface area contributed by atoms with Gasteiger partial charge in [0.1, 0.15) is 0 Å². The fourth-order valence-corrected chi connectivity index (χ4v) is 3.20. The summed E-state index contributed by atoms with van der Waals surface area (Å²) < 4.78 is 0. The normalized spacial score (nSPS) is 18.2. The first-order valence-corrected chi connectivity index (χ1v) is 9.36. The second-order valence-corrected chi connectivity index (χ2v) is 6.81. The third-order valence-electron chi connectivity index (χ3n) is 4.51. The van der Waals surface area contributed by atoms with Crippen LogP contribution in [0.2, 0.25) is 0 Å². The van der Waals surface area contributed by atoms with Gasteiger partial charge in [-0.15, -0.1) is 0 Å². The van der Waals surface area contributed by atoms with Crippen LogP contribution < -0.4 is 35.9 Å². The molecule has 0 saturated carbocycles. The first kappa shape index (κ1) is 27.1. The van der Waals surface area contributed by atoms with Gasteiger partial charge in [-0.25, -0.2) is 26.1 Å². The first-order chi connectivity index (χ1) is 12.3. The Labute approximate surface area is 190 Å². The maximum atomic E-state index is 4.58. The van der Waals surface area contributed by atoms with Crippen LogP contribution >= 0.6 is 0 Å². The van der Waals surface area contributed by atoms with E-state index in [0.717, 1.165) is 43.1 Å². The molecule has 10 heteroatoms. The maximum absolute atomic E-state index is 4.58. The molecular formula is C18H29Cl2CoN7. The molecule has 0 atom stereocenters. The van der Waals surface area contributed by atoms with E-state index in [2.05, 4.69) is 43.2 Å². The summed E-state index contributed by atoms with van der Waals surface area (Å²) in [4.78, 5) is 4.58. The Morgan fingerprint density at radius 1 is 0.786 bits per heavy atom. The van der Waals surface area contributed by atoms with Crippen molar-refractivity contribution < 1.29 is 41.6 Å². The van der Waals surface area contributed by atoms with Crippen molar-refractivity contribution in [3.8, 4) is 0 Å². The molecule has 0 spiro atoms. The van der Waals surface area contributed by atoms with Crippen LogP contribution in [0.3, 0.4) is 0 Å². The molecule has 2 saturated heterocycles. The molecule has 159 valence electrons. The first-order valence-electron chi connectivity index (χ1n) is 9.36. The number of hydrazone groups is 2. The van der Waals surface area contributed by atoms with Crippen molar-refractivity contribution >= 4 is 12.4 Å². The average molecular weight is 473 g/mol. The van der Waals surface area contributed by atoms with E-state index in [0.29, 0.717) is 0 Å². The van der Waals surface area contributed by atoms with Crippen molar-refractivity contribution in [2.75, 3.05) is 26.2 Å². The summed E-state index contributed by atoms with van der Waals surface area (Å²) in [7, 11) is 0. The van der Waals surface area contributed by atoms with Crippen LogP contribution in [0.5, 0.6) is 0 Å². The molecule has 2 fully saturated rings. The number of rotatable bonds is 6. The number of hydrazine groups is 2. The van der Waals surface area contributed by atoms with Crippen molar-refractivity contribution in [1.82, 2.24) is 26.1 Å². The Kier molecular flexibility index (Phi) is 14.5. The van der Waals surface area contributed by atoms with E-state index in [1.807, 2.05) is 12.1 Å². The van der Waals surface area contributed by atoms with Crippen LogP contribution in [0.4, 0.5) is 0 Å². The van der Waals surface area contributed by atoms with Gasteiger partial charge in [-0.05, 0) is 50.3 Å². The molecule has 3 rings (SSSR count). The van der Waals surface area contributed by atoms with Gasteiger partial charge in [0.2, 0.25) is 0 Å². The summed E-state index contributed by atoms with van der Waals surface area (Å²) in [5, 5.41) is 12.9. The van der Waals surface area contributed by atoms with Crippen molar-refractivity contribution in [3.63, 3.8) is 0 Å². The minimum absolute atomic E-state index is 0. The third-order valence-corrected chi connectivity index (χ3v) is 4.51. The van der Waals surface area contributed by atoms with Gasteiger partial charge in [-0.2, -0.15) is 10.2 Å². The summed E-state index contributed by atoms with van der Waals surface area (Å²) in [5.74, 6) is 0. The van der Waals surface area contributed by atoms with E-state index in [1.165, 1.54) is 38.5 Å². The van der Waals surface area contributed by atoms with Gasteiger partial charge in [0.25, 0.3) is 0 Å². The maximum Gasteiger partial charge on any atom is 2.00 e. The van der Waals surface area contributed by atoms with Gasteiger partial charge < -0.3 is 24.8 Å². The second-order valence-electron chi connectivity index (χ2n) is 6.81. The SMILES string of the molecule is Cc1cc(C=NNN2CCCCC2)nc(C=NNN2CCCCC2)c1.[Cl-].[Cl-].[Co+2]. The van der Waals surface area contributed by atoms with E-state index in [1.54, 1.807) is 12.4 Å². The van der Waals surface area contributed by atoms with Crippen LogP contribution in [0, 0.1) is 6.92 Å². The molecule has 28 heavy (non-hydrogen) atoms. The Bertz CT molecular complexity index is 555. The molecule has 2 N–H and O–H groups in total. The smallest absolute Gasteiger partial charge is 1.00 e.